The van der Waals surface area contributed by atoms with Gasteiger partial charge >= 0.3 is 0 Å². The molecular weight excluding hydrogens is 304 g/mol. The Morgan fingerprint density at radius 1 is 1.43 bits per heavy atom. The van der Waals surface area contributed by atoms with Crippen molar-refractivity contribution in [2.24, 2.45) is 0 Å². The van der Waals surface area contributed by atoms with Crippen molar-refractivity contribution in [1.82, 2.24) is 14.5 Å². The van der Waals surface area contributed by atoms with Crippen molar-refractivity contribution in [3.05, 3.63) is 22.6 Å². The molecule has 0 aliphatic carbocycles. The van der Waals surface area contributed by atoms with Gasteiger partial charge in [0.25, 0.3) is 5.56 Å². The van der Waals surface area contributed by atoms with Gasteiger partial charge in [0.05, 0.1) is 12.0 Å². The van der Waals surface area contributed by atoms with Gasteiger partial charge in [-0.2, -0.15) is 4.98 Å². The molecule has 9 nitrogen and oxygen atoms in total. The normalized spacial score (nSPS) is 32.5. The van der Waals surface area contributed by atoms with Crippen molar-refractivity contribution in [2.75, 3.05) is 12.3 Å². The molecule has 2 aliphatic heterocycles. The van der Waals surface area contributed by atoms with E-state index in [9.17, 15) is 9.90 Å². The SMILES string of the molecule is CC1(C)OC2C(CO)OC(n3ccc4c(=O)[nH]c(N)nc43)C2O1. The van der Waals surface area contributed by atoms with Crippen LogP contribution in [0, 0.1) is 0 Å². The van der Waals surface area contributed by atoms with Crippen LogP contribution in [0.2, 0.25) is 0 Å². The fourth-order valence-corrected chi connectivity index (χ4v) is 3.30. The average molecular weight is 322 g/mol. The number of aromatic nitrogens is 3. The first-order valence-electron chi connectivity index (χ1n) is 7.38. The Morgan fingerprint density at radius 2 is 2.17 bits per heavy atom. The van der Waals surface area contributed by atoms with E-state index in [-0.39, 0.29) is 18.1 Å². The van der Waals surface area contributed by atoms with E-state index in [1.54, 1.807) is 16.8 Å². The smallest absolute Gasteiger partial charge is 0.261 e. The monoisotopic (exact) mass is 322 g/mol. The third-order valence-electron chi connectivity index (χ3n) is 4.18. The molecule has 2 aromatic heterocycles. The molecule has 2 aromatic rings. The number of hydrogen-bond donors (Lipinski definition) is 3. The number of ether oxygens (including phenoxy) is 3. The third-order valence-corrected chi connectivity index (χ3v) is 4.18. The van der Waals surface area contributed by atoms with Crippen LogP contribution < -0.4 is 11.3 Å². The minimum atomic E-state index is -0.766. The number of H-pyrrole nitrogens is 1. The minimum Gasteiger partial charge on any atom is -0.394 e. The van der Waals surface area contributed by atoms with Crippen LogP contribution in [0.1, 0.15) is 20.1 Å². The van der Waals surface area contributed by atoms with Crippen LogP contribution in [0.15, 0.2) is 17.1 Å². The molecular formula is C14H18N4O5. The predicted octanol–water partition coefficient (Wildman–Crippen LogP) is -0.283. The zero-order chi connectivity index (χ0) is 16.4. The van der Waals surface area contributed by atoms with Gasteiger partial charge in [0.15, 0.2) is 17.7 Å². The number of rotatable bonds is 2. The van der Waals surface area contributed by atoms with Crippen molar-refractivity contribution in [2.45, 2.75) is 44.2 Å². The number of aliphatic hydroxyl groups is 1. The number of nitrogens with one attached hydrogen (secondary N) is 1. The summed E-state index contributed by atoms with van der Waals surface area (Å²) in [6, 6.07) is 1.65. The molecule has 0 spiro atoms. The fourth-order valence-electron chi connectivity index (χ4n) is 3.30. The molecule has 23 heavy (non-hydrogen) atoms. The molecule has 2 fully saturated rings. The van der Waals surface area contributed by atoms with E-state index in [2.05, 4.69) is 9.97 Å². The number of fused-ring (bicyclic) bond motifs is 2. The van der Waals surface area contributed by atoms with Gasteiger partial charge in [-0.05, 0) is 19.9 Å². The highest BCUT2D eigenvalue weighted by atomic mass is 16.8. The van der Waals surface area contributed by atoms with Gasteiger partial charge in [-0.3, -0.25) is 9.78 Å². The summed E-state index contributed by atoms with van der Waals surface area (Å²) >= 11 is 0. The maximum Gasteiger partial charge on any atom is 0.261 e. The molecule has 9 heteroatoms. The lowest BCUT2D eigenvalue weighted by molar-refractivity contribution is -0.199. The Balaban J connectivity index is 1.80. The highest BCUT2D eigenvalue weighted by Gasteiger charge is 2.55. The lowest BCUT2D eigenvalue weighted by Gasteiger charge is -2.24. The fraction of sp³-hybridized carbons (Fsp3) is 0.571. The topological polar surface area (TPSA) is 125 Å². The van der Waals surface area contributed by atoms with Crippen LogP contribution in [0.5, 0.6) is 0 Å². The summed E-state index contributed by atoms with van der Waals surface area (Å²) in [5, 5.41) is 9.95. The van der Waals surface area contributed by atoms with E-state index in [1.165, 1.54) is 0 Å². The molecule has 0 aromatic carbocycles. The highest BCUT2D eigenvalue weighted by molar-refractivity contribution is 5.76. The number of hydrogen-bond acceptors (Lipinski definition) is 7. The summed E-state index contributed by atoms with van der Waals surface area (Å²) < 4.78 is 19.3. The average Bonchev–Trinajstić information content (AvgIpc) is 3.09. The molecule has 0 bridgehead atoms. The first-order chi connectivity index (χ1) is 10.9. The Labute approximate surface area is 131 Å². The first kappa shape index (κ1) is 14.6. The summed E-state index contributed by atoms with van der Waals surface area (Å²) in [5.41, 5.74) is 5.73. The molecule has 4 N–H and O–H groups in total. The van der Waals surface area contributed by atoms with Crippen molar-refractivity contribution < 1.29 is 19.3 Å². The van der Waals surface area contributed by atoms with Gasteiger partial charge in [0, 0.05) is 6.20 Å². The number of nitrogen functional groups attached to an aromatic ring is 1. The largest absolute Gasteiger partial charge is 0.394 e. The number of nitrogens with two attached hydrogens (primary N) is 1. The highest BCUT2D eigenvalue weighted by Crippen LogP contribution is 2.43. The molecule has 4 rings (SSSR count). The van der Waals surface area contributed by atoms with Gasteiger partial charge in [-0.25, -0.2) is 0 Å². The summed E-state index contributed by atoms with van der Waals surface area (Å²) in [6.07, 6.45) is -0.187. The Morgan fingerprint density at radius 3 is 2.91 bits per heavy atom. The van der Waals surface area contributed by atoms with E-state index < -0.39 is 30.3 Å². The minimum absolute atomic E-state index is 0.0274. The van der Waals surface area contributed by atoms with Gasteiger partial charge in [0.1, 0.15) is 18.3 Å². The zero-order valence-corrected chi connectivity index (χ0v) is 12.7. The second kappa shape index (κ2) is 4.78. The van der Waals surface area contributed by atoms with E-state index in [4.69, 9.17) is 19.9 Å². The third kappa shape index (κ3) is 2.16. The lowest BCUT2D eigenvalue weighted by atomic mass is 10.1. The second-order valence-electron chi connectivity index (χ2n) is 6.22. The van der Waals surface area contributed by atoms with Crippen molar-refractivity contribution >= 4 is 17.0 Å². The van der Waals surface area contributed by atoms with E-state index in [0.29, 0.717) is 11.0 Å². The lowest BCUT2D eigenvalue weighted by Crippen LogP contribution is -2.31. The van der Waals surface area contributed by atoms with E-state index in [0.717, 1.165) is 0 Å². The van der Waals surface area contributed by atoms with Crippen molar-refractivity contribution in [1.29, 1.82) is 0 Å². The molecule has 2 saturated heterocycles. The second-order valence-corrected chi connectivity index (χ2v) is 6.22. The van der Waals surface area contributed by atoms with E-state index in [1.807, 2.05) is 13.8 Å². The number of aliphatic hydroxyl groups excluding tert-OH is 1. The first-order valence-corrected chi connectivity index (χ1v) is 7.38. The Kier molecular flexibility index (Phi) is 3.04. The molecule has 4 unspecified atom stereocenters. The number of anilines is 1. The summed E-state index contributed by atoms with van der Waals surface area (Å²) in [4.78, 5) is 18.6. The van der Waals surface area contributed by atoms with Crippen LogP contribution in [-0.4, -0.2) is 50.3 Å². The molecule has 0 amide bonds. The van der Waals surface area contributed by atoms with Crippen molar-refractivity contribution in [3.63, 3.8) is 0 Å². The summed E-state index contributed by atoms with van der Waals surface area (Å²) in [5.74, 6) is -0.739. The Bertz CT molecular complexity index is 813. The number of aromatic amines is 1. The molecule has 2 aliphatic rings. The van der Waals surface area contributed by atoms with Crippen LogP contribution in [-0.2, 0) is 14.2 Å². The summed E-state index contributed by atoms with van der Waals surface area (Å²) in [6.45, 7) is 3.43. The molecule has 0 radical (unpaired) electrons. The predicted molar refractivity (Wildman–Crippen MR) is 79.6 cm³/mol. The standard InChI is InChI=1S/C14H18N4O5/c1-14(2)22-8-7(5-19)21-12(9(8)23-14)18-4-3-6-10(18)16-13(15)17-11(6)20/h3-4,7-9,12,19H,5H2,1-2H3,(H3,15,16,17,20). The maximum absolute atomic E-state index is 12.0. The maximum atomic E-state index is 12.0. The van der Waals surface area contributed by atoms with Gasteiger partial charge in [-0.15, -0.1) is 0 Å². The molecule has 4 heterocycles. The number of nitrogens with zero attached hydrogens (tertiary/aromatic N) is 2. The molecule has 4 atom stereocenters. The molecule has 124 valence electrons. The van der Waals surface area contributed by atoms with Gasteiger partial charge < -0.3 is 29.6 Å². The Hall–Kier alpha value is -1.94. The zero-order valence-electron chi connectivity index (χ0n) is 12.7. The van der Waals surface area contributed by atoms with Crippen LogP contribution in [0.4, 0.5) is 5.95 Å². The van der Waals surface area contributed by atoms with Crippen LogP contribution in [0.3, 0.4) is 0 Å². The molecule has 0 saturated carbocycles. The van der Waals surface area contributed by atoms with E-state index >= 15 is 0 Å². The van der Waals surface area contributed by atoms with Crippen LogP contribution >= 0.6 is 0 Å². The quantitative estimate of drug-likeness (QED) is 0.694. The summed E-state index contributed by atoms with van der Waals surface area (Å²) in [7, 11) is 0. The van der Waals surface area contributed by atoms with Crippen molar-refractivity contribution in [3.8, 4) is 0 Å². The van der Waals surface area contributed by atoms with Gasteiger partial charge in [-0.1, -0.05) is 0 Å². The van der Waals surface area contributed by atoms with Gasteiger partial charge in [0.2, 0.25) is 5.95 Å². The van der Waals surface area contributed by atoms with Crippen LogP contribution in [0.25, 0.3) is 11.0 Å².